The number of hydrogen-bond acceptors (Lipinski definition) is 0. The van der Waals surface area contributed by atoms with E-state index < -0.39 is 0 Å². The second kappa shape index (κ2) is 23.4. The topological polar surface area (TPSA) is 0 Å². The molecule has 0 radical (unpaired) electrons. The van der Waals surface area contributed by atoms with Crippen LogP contribution in [0.1, 0.15) is 23.7 Å². The van der Waals surface area contributed by atoms with Gasteiger partial charge in [0.1, 0.15) is 0 Å². The number of aryl methyl sites for hydroxylation is 5. The van der Waals surface area contributed by atoms with Crippen LogP contribution in [-0.2, 0) is 6.66 Å². The maximum absolute atomic E-state index is 2.39. The predicted molar refractivity (Wildman–Crippen MR) is 131 cm³/mol. The van der Waals surface area contributed by atoms with E-state index in [1.807, 2.05) is 0 Å². The third kappa shape index (κ3) is 19.2. The molecule has 2 aromatic rings. The quantitative estimate of drug-likeness (QED) is 0.261. The van der Waals surface area contributed by atoms with Gasteiger partial charge in [-0.15, -0.1) is 7.53 Å². The molecule has 22 heavy (non-hydrogen) atoms. The molecule has 0 bridgehead atoms. The summed E-state index contributed by atoms with van der Waals surface area (Å²) in [5.41, 5.74) is 5.81. The smallest absolute Gasteiger partial charge is 1.00 e. The summed E-state index contributed by atoms with van der Waals surface area (Å²) < 4.78 is 0. The minimum atomic E-state index is 0. The first-order valence-corrected chi connectivity index (χ1v) is 27.4. The van der Waals surface area contributed by atoms with Crippen molar-refractivity contribution in [3.63, 3.8) is 0 Å². The summed E-state index contributed by atoms with van der Waals surface area (Å²) in [6.45, 7) is 10.9. The standard InChI is InChI=1S/C7H11P.C6H8P.I3.I2.2Li.H/c1-6-4-8(3)5-7(6)2;1-5-3-7-4-6(5)2;1-3-2;1-2;;;/h4-5H,1-3H3;3-4H,1-2H3;;;;;/q;2*-1;;2*+1;-1. The number of hydrogen-bond donors (Lipinski definition) is 0. The monoisotopic (exact) mass is 887 g/mol. The van der Waals surface area contributed by atoms with E-state index in [1.165, 1.54) is 30.4 Å². The van der Waals surface area contributed by atoms with Crippen molar-refractivity contribution < 1.29 is 52.4 Å². The van der Waals surface area contributed by atoms with Crippen molar-refractivity contribution >= 4 is 90.2 Å². The summed E-state index contributed by atoms with van der Waals surface area (Å²) in [7, 11) is 1.49. The third-order valence-electron chi connectivity index (χ3n) is 2.57. The fourth-order valence-corrected chi connectivity index (χ4v) is 3.95. The first kappa shape index (κ1) is 33.9. The fourth-order valence-electron chi connectivity index (χ4n) is 1.32. The minimum Gasteiger partial charge on any atom is -1.00 e. The van der Waals surface area contributed by atoms with Gasteiger partial charge in [0.05, 0.1) is 0 Å². The molecule has 0 saturated carbocycles. The zero-order valence-electron chi connectivity index (χ0n) is 15.1. The zero-order valence-corrected chi connectivity index (χ0v) is 26.7. The summed E-state index contributed by atoms with van der Waals surface area (Å²) in [5, 5.41) is 0. The number of rotatable bonds is 0. The Labute approximate surface area is 218 Å². The van der Waals surface area contributed by atoms with Gasteiger partial charge in [-0.3, -0.25) is 0 Å². The summed E-state index contributed by atoms with van der Waals surface area (Å²) >= 11 is 9.54. The van der Waals surface area contributed by atoms with Crippen LogP contribution in [0.15, 0.2) is 23.2 Å². The van der Waals surface area contributed by atoms with Crippen molar-refractivity contribution in [3.8, 4) is 0 Å². The predicted octanol–water partition coefficient (Wildman–Crippen LogP) is 0.0968. The molecule has 0 nitrogen and oxygen atoms in total. The van der Waals surface area contributed by atoms with E-state index in [1.54, 1.807) is 0 Å². The van der Waals surface area contributed by atoms with E-state index in [9.17, 15) is 0 Å². The van der Waals surface area contributed by atoms with Crippen LogP contribution in [0.3, 0.4) is 0 Å². The van der Waals surface area contributed by atoms with Crippen LogP contribution in [0.25, 0.3) is 0 Å². The van der Waals surface area contributed by atoms with Crippen molar-refractivity contribution in [1.82, 2.24) is 0 Å². The molecule has 0 spiro atoms. The van der Waals surface area contributed by atoms with Crippen molar-refractivity contribution in [2.45, 2.75) is 27.7 Å². The van der Waals surface area contributed by atoms with Crippen LogP contribution in [0, 0.1) is 27.7 Å². The van der Waals surface area contributed by atoms with Gasteiger partial charge in [-0.25, -0.2) is 11.6 Å². The van der Waals surface area contributed by atoms with Gasteiger partial charge in [0.15, 0.2) is 0 Å². The maximum atomic E-state index is 2.39. The van der Waals surface area contributed by atoms with Crippen molar-refractivity contribution in [2.75, 3.05) is 0 Å². The van der Waals surface area contributed by atoms with E-state index in [0.717, 1.165) is 0 Å². The Morgan fingerprint density at radius 3 is 1.23 bits per heavy atom. The molecule has 0 aliphatic rings. The maximum Gasteiger partial charge on any atom is 1.00 e. The number of halogens is 5. The van der Waals surface area contributed by atoms with Crippen LogP contribution in [-0.4, -0.2) is 0 Å². The Balaban J connectivity index is -0.0000000671. The molecule has 0 atom stereocenters. The van der Waals surface area contributed by atoms with Crippen LogP contribution >= 0.6 is 90.2 Å². The van der Waals surface area contributed by atoms with Crippen LogP contribution < -0.4 is 51.0 Å². The van der Waals surface area contributed by atoms with E-state index in [2.05, 4.69) is 132 Å². The Kier molecular flexibility index (Phi) is 36.2. The molecule has 0 aliphatic carbocycles. The molecule has 9 heteroatoms. The van der Waals surface area contributed by atoms with Gasteiger partial charge in [0.25, 0.3) is 0 Å². The molecule has 0 aromatic carbocycles. The molecule has 0 amide bonds. The van der Waals surface area contributed by atoms with Crippen molar-refractivity contribution in [2.24, 2.45) is 6.66 Å². The van der Waals surface area contributed by atoms with Gasteiger partial charge in [-0.1, -0.05) is 11.1 Å². The first-order chi connectivity index (χ1) is 9.42. The SMILES string of the molecule is Cc1c[p-]cc1C.Cc1cp(C)cc1C.II.I[I-]I.[H-].[Li+].[Li+]. The molecule has 2 aromatic heterocycles. The normalized spacial score (nSPS) is 7.86. The average Bonchev–Trinajstić information content (AvgIpc) is 2.90. The largest absolute Gasteiger partial charge is 1.00 e. The van der Waals surface area contributed by atoms with Gasteiger partial charge in [0.2, 0.25) is 0 Å². The molecule has 0 saturated heterocycles. The average molecular weight is 887 g/mol. The second-order valence-electron chi connectivity index (χ2n) is 4.12. The van der Waals surface area contributed by atoms with Crippen molar-refractivity contribution in [1.29, 1.82) is 0 Å². The van der Waals surface area contributed by atoms with E-state index in [0.29, 0.717) is 13.3 Å². The molecular weight excluding hydrogens is 866 g/mol. The molecule has 0 aliphatic heterocycles. The van der Waals surface area contributed by atoms with Crippen molar-refractivity contribution in [3.05, 3.63) is 45.4 Å². The van der Waals surface area contributed by atoms with E-state index in [4.69, 9.17) is 0 Å². The third-order valence-corrected chi connectivity index (χ3v) is 5.24. The Hall–Kier alpha value is 4.40. The summed E-state index contributed by atoms with van der Waals surface area (Å²) in [4.78, 5) is 0. The first-order valence-electron chi connectivity index (χ1n) is 5.56. The summed E-state index contributed by atoms with van der Waals surface area (Å²) in [6.07, 6.45) is 0. The minimum absolute atomic E-state index is 0. The molecule has 0 unspecified atom stereocenters. The van der Waals surface area contributed by atoms with Crippen LogP contribution in [0.2, 0.25) is 0 Å². The zero-order chi connectivity index (χ0) is 16.1. The molecule has 120 valence electrons. The van der Waals surface area contributed by atoms with E-state index >= 15 is 0 Å². The molecule has 0 fully saturated rings. The Bertz CT molecular complexity index is 431. The van der Waals surface area contributed by atoms with Gasteiger partial charge in [-0.2, -0.15) is 0 Å². The van der Waals surface area contributed by atoms with Gasteiger partial charge < -0.3 is 9.62 Å². The van der Waals surface area contributed by atoms with Crippen LogP contribution in [0.5, 0.6) is 0 Å². The summed E-state index contributed by atoms with van der Waals surface area (Å²) in [5.74, 6) is 9.14. The molecular formula is C13H20I5Li2P2-. The fraction of sp³-hybridized carbons (Fsp3) is 0.385. The van der Waals surface area contributed by atoms with Crippen LogP contribution in [0.4, 0.5) is 0 Å². The summed E-state index contributed by atoms with van der Waals surface area (Å²) in [6, 6.07) is 0. The van der Waals surface area contributed by atoms with Gasteiger partial charge >= 0.3 is 88.2 Å². The van der Waals surface area contributed by atoms with Gasteiger partial charge in [-0.05, 0) is 57.1 Å². The molecule has 0 N–H and O–H groups in total. The van der Waals surface area contributed by atoms with Gasteiger partial charge in [0, 0.05) is 37.2 Å². The molecule has 2 rings (SSSR count). The Morgan fingerprint density at radius 2 is 1.14 bits per heavy atom. The second-order valence-corrected chi connectivity index (χ2v) is 23.0. The van der Waals surface area contributed by atoms with E-state index in [-0.39, 0.29) is 46.7 Å². The molecule has 2 heterocycles. The Morgan fingerprint density at radius 1 is 0.864 bits per heavy atom.